The van der Waals surface area contributed by atoms with Gasteiger partial charge in [0.1, 0.15) is 0 Å². The lowest BCUT2D eigenvalue weighted by Gasteiger charge is -1.99. The van der Waals surface area contributed by atoms with Crippen molar-refractivity contribution in [2.45, 2.75) is 26.2 Å². The molecule has 0 bridgehead atoms. The summed E-state index contributed by atoms with van der Waals surface area (Å²) in [5.41, 5.74) is 0. The molecule has 1 nitrogen and oxygen atoms in total. The molecule has 0 spiro atoms. The van der Waals surface area contributed by atoms with Gasteiger partial charge in [0.2, 0.25) is 5.78 Å². The van der Waals surface area contributed by atoms with Gasteiger partial charge in [-0.05, 0) is 18.8 Å². The Morgan fingerprint density at radius 1 is 1.67 bits per heavy atom. The van der Waals surface area contributed by atoms with Gasteiger partial charge in [-0.2, -0.15) is 0 Å². The fourth-order valence-corrected chi connectivity index (χ4v) is 0.901. The smallest absolute Gasteiger partial charge is 0.208 e. The molecule has 1 aliphatic carbocycles. The second kappa shape index (κ2) is 2.68. The molecule has 0 heterocycles. The van der Waals surface area contributed by atoms with E-state index in [0.29, 0.717) is 0 Å². The number of ketones is 1. The summed E-state index contributed by atoms with van der Waals surface area (Å²) in [6, 6.07) is 0. The van der Waals surface area contributed by atoms with Crippen LogP contribution >= 0.6 is 0 Å². The Hall–Kier alpha value is -0.770. The third-order valence-corrected chi connectivity index (χ3v) is 1.60. The van der Waals surface area contributed by atoms with E-state index in [1.807, 2.05) is 6.92 Å². The Morgan fingerprint density at radius 3 is 3.22 bits per heavy atom. The molecule has 1 aliphatic rings. The highest BCUT2D eigenvalue weighted by atomic mass is 16.1. The third-order valence-electron chi connectivity index (χ3n) is 1.60. The van der Waals surface area contributed by atoms with Crippen LogP contribution in [0.4, 0.5) is 0 Å². The minimum absolute atomic E-state index is 0.118. The maximum atomic E-state index is 10.8. The third kappa shape index (κ3) is 1.57. The minimum Gasteiger partial charge on any atom is -0.285 e. The molecule has 0 aromatic rings. The quantitative estimate of drug-likeness (QED) is 0.350. The summed E-state index contributed by atoms with van der Waals surface area (Å²) in [7, 11) is 0. The van der Waals surface area contributed by atoms with E-state index >= 15 is 0 Å². The van der Waals surface area contributed by atoms with E-state index in [1.165, 1.54) is 0 Å². The number of carbonyl (C=O) groups excluding carboxylic acids is 1. The van der Waals surface area contributed by atoms with Crippen LogP contribution < -0.4 is 0 Å². The van der Waals surface area contributed by atoms with Crippen molar-refractivity contribution in [3.63, 3.8) is 0 Å². The second-order valence-electron chi connectivity index (χ2n) is 2.46. The Balaban J connectivity index is 2.62. The number of Topliss-reactive ketones (excluding diaryl/α,β-unsaturated/α-hetero) is 1. The summed E-state index contributed by atoms with van der Waals surface area (Å²) in [4.78, 5) is 10.8. The Labute approximate surface area is 55.4 Å². The topological polar surface area (TPSA) is 17.1 Å². The molecule has 0 aliphatic heterocycles. The van der Waals surface area contributed by atoms with E-state index in [4.69, 9.17) is 0 Å². The van der Waals surface area contributed by atoms with Crippen LogP contribution in [0.5, 0.6) is 0 Å². The molecule has 0 aromatic heterocycles. The van der Waals surface area contributed by atoms with Gasteiger partial charge in [-0.1, -0.05) is 12.8 Å². The van der Waals surface area contributed by atoms with Gasteiger partial charge in [0, 0.05) is 12.3 Å². The maximum Gasteiger partial charge on any atom is 0.208 e. The first kappa shape index (κ1) is 6.35. The fraction of sp³-hybridized carbons (Fsp3) is 0.625. The first-order valence-electron chi connectivity index (χ1n) is 3.33. The van der Waals surface area contributed by atoms with Gasteiger partial charge in [0.05, 0.1) is 0 Å². The normalized spacial score (nSPS) is 26.3. The highest BCUT2D eigenvalue weighted by molar-refractivity contribution is 5.97. The molecular formula is C8H10O. The molecule has 0 saturated heterocycles. The average Bonchev–Trinajstić information content (AvgIpc) is 1.99. The van der Waals surface area contributed by atoms with Crippen molar-refractivity contribution in [2.24, 2.45) is 5.92 Å². The molecule has 0 radical (unpaired) electrons. The average molecular weight is 122 g/mol. The van der Waals surface area contributed by atoms with Crippen molar-refractivity contribution in [1.29, 1.82) is 0 Å². The van der Waals surface area contributed by atoms with E-state index in [1.54, 1.807) is 0 Å². The highest BCUT2D eigenvalue weighted by Gasteiger charge is 2.10. The predicted molar refractivity (Wildman–Crippen MR) is 35.8 cm³/mol. The highest BCUT2D eigenvalue weighted by Crippen LogP contribution is 2.10. The van der Waals surface area contributed by atoms with E-state index in [2.05, 4.69) is 11.8 Å². The SMILES string of the molecule is CC1CCCC#CC1=O. The summed E-state index contributed by atoms with van der Waals surface area (Å²) in [5, 5.41) is 0. The first-order chi connectivity index (χ1) is 4.30. The molecule has 0 N–H and O–H groups in total. The van der Waals surface area contributed by atoms with E-state index in [0.717, 1.165) is 19.3 Å². The lowest BCUT2D eigenvalue weighted by Crippen LogP contribution is -2.05. The fourth-order valence-electron chi connectivity index (χ4n) is 0.901. The number of hydrogen-bond donors (Lipinski definition) is 0. The van der Waals surface area contributed by atoms with Gasteiger partial charge >= 0.3 is 0 Å². The Morgan fingerprint density at radius 2 is 2.44 bits per heavy atom. The largest absolute Gasteiger partial charge is 0.285 e. The van der Waals surface area contributed by atoms with Crippen molar-refractivity contribution < 1.29 is 4.79 Å². The van der Waals surface area contributed by atoms with Gasteiger partial charge < -0.3 is 0 Å². The number of hydrogen-bond acceptors (Lipinski definition) is 1. The maximum absolute atomic E-state index is 10.8. The first-order valence-corrected chi connectivity index (χ1v) is 3.33. The summed E-state index contributed by atoms with van der Waals surface area (Å²) in [5.74, 6) is 5.73. The molecule has 9 heavy (non-hydrogen) atoms. The summed E-state index contributed by atoms with van der Waals surface area (Å²) < 4.78 is 0. The molecular weight excluding hydrogens is 112 g/mol. The monoisotopic (exact) mass is 122 g/mol. The van der Waals surface area contributed by atoms with Crippen molar-refractivity contribution in [2.75, 3.05) is 0 Å². The zero-order valence-corrected chi connectivity index (χ0v) is 5.61. The van der Waals surface area contributed by atoms with Gasteiger partial charge in [-0.25, -0.2) is 0 Å². The second-order valence-corrected chi connectivity index (χ2v) is 2.46. The zero-order chi connectivity index (χ0) is 6.69. The van der Waals surface area contributed by atoms with E-state index in [-0.39, 0.29) is 11.7 Å². The summed E-state index contributed by atoms with van der Waals surface area (Å²) in [6.07, 6.45) is 2.98. The molecule has 0 amide bonds. The lowest BCUT2D eigenvalue weighted by molar-refractivity contribution is -0.117. The van der Waals surface area contributed by atoms with Crippen molar-refractivity contribution >= 4 is 5.78 Å². The van der Waals surface area contributed by atoms with Crippen molar-refractivity contribution in [3.8, 4) is 11.8 Å². The summed E-state index contributed by atoms with van der Waals surface area (Å²) in [6.45, 7) is 1.95. The van der Waals surface area contributed by atoms with Crippen LogP contribution in [-0.2, 0) is 4.79 Å². The Bertz CT molecular complexity index is 171. The van der Waals surface area contributed by atoms with Crippen LogP contribution in [-0.4, -0.2) is 5.78 Å². The molecule has 0 saturated carbocycles. The zero-order valence-electron chi connectivity index (χ0n) is 5.61. The molecule has 48 valence electrons. The van der Waals surface area contributed by atoms with Crippen LogP contribution in [0.2, 0.25) is 0 Å². The van der Waals surface area contributed by atoms with Crippen LogP contribution in [0.3, 0.4) is 0 Å². The van der Waals surface area contributed by atoms with Crippen LogP contribution in [0.1, 0.15) is 26.2 Å². The molecule has 0 fully saturated rings. The Kier molecular flexibility index (Phi) is 1.89. The van der Waals surface area contributed by atoms with Gasteiger partial charge in [0.15, 0.2) is 0 Å². The van der Waals surface area contributed by atoms with Gasteiger partial charge in [-0.3, -0.25) is 4.79 Å². The van der Waals surface area contributed by atoms with Crippen molar-refractivity contribution in [3.05, 3.63) is 0 Å². The number of carbonyl (C=O) groups is 1. The summed E-state index contributed by atoms with van der Waals surface area (Å²) >= 11 is 0. The van der Waals surface area contributed by atoms with Crippen LogP contribution in [0.15, 0.2) is 0 Å². The standard InChI is InChI=1S/C8H10O/c1-7-5-3-2-4-6-8(7)9/h7H,2-3,5H2,1H3. The molecule has 1 rings (SSSR count). The van der Waals surface area contributed by atoms with Gasteiger partial charge in [0.25, 0.3) is 0 Å². The molecule has 1 atom stereocenters. The van der Waals surface area contributed by atoms with E-state index in [9.17, 15) is 4.79 Å². The van der Waals surface area contributed by atoms with E-state index < -0.39 is 0 Å². The van der Waals surface area contributed by atoms with Crippen molar-refractivity contribution in [1.82, 2.24) is 0 Å². The molecule has 1 unspecified atom stereocenters. The minimum atomic E-state index is 0.118. The van der Waals surface area contributed by atoms with Gasteiger partial charge in [-0.15, -0.1) is 0 Å². The van der Waals surface area contributed by atoms with Crippen LogP contribution in [0, 0.1) is 17.8 Å². The predicted octanol–water partition coefficient (Wildman–Crippen LogP) is 1.38. The number of rotatable bonds is 0. The lowest BCUT2D eigenvalue weighted by atomic mass is 10.0. The molecule has 0 aromatic carbocycles. The van der Waals surface area contributed by atoms with Crippen LogP contribution in [0.25, 0.3) is 0 Å². The molecule has 1 heteroatoms.